The molecule has 0 spiro atoms. The third-order valence-electron chi connectivity index (χ3n) is 6.89. The summed E-state index contributed by atoms with van der Waals surface area (Å²) in [6.45, 7) is 8.03. The van der Waals surface area contributed by atoms with Crippen molar-refractivity contribution >= 4 is 6.08 Å². The number of nitrogens with zero attached hydrogens (tertiary/aromatic N) is 6. The maximum Gasteiger partial charge on any atom is 0.178 e. The lowest BCUT2D eigenvalue weighted by molar-refractivity contribution is 0.113. The Morgan fingerprint density at radius 2 is 1.59 bits per heavy atom. The van der Waals surface area contributed by atoms with E-state index in [0.717, 1.165) is 49.5 Å². The molecule has 1 aromatic heterocycles. The van der Waals surface area contributed by atoms with Crippen molar-refractivity contribution < 1.29 is 8.78 Å². The number of aryl methyl sites for hydroxylation is 2. The van der Waals surface area contributed by atoms with E-state index < -0.39 is 17.7 Å². The lowest BCUT2D eigenvalue weighted by atomic mass is 10.0. The molecule has 1 saturated heterocycles. The van der Waals surface area contributed by atoms with Gasteiger partial charge in [-0.15, -0.1) is 5.10 Å². The first-order chi connectivity index (χ1) is 18.0. The van der Waals surface area contributed by atoms with E-state index in [1.54, 1.807) is 10.7 Å². The maximum atomic E-state index is 14.4. The Morgan fingerprint density at radius 3 is 2.30 bits per heavy atom. The molecule has 1 aliphatic heterocycles. The van der Waals surface area contributed by atoms with Crippen molar-refractivity contribution in [1.82, 2.24) is 30.0 Å². The summed E-state index contributed by atoms with van der Waals surface area (Å²) in [5, 5.41) is 12.7. The molecule has 0 N–H and O–H groups in total. The Labute approximate surface area is 215 Å². The SMILES string of the molecule is Cc1cccc(C)c1-n1nnnc1[C@H](c1ccc(F)c(F)c1)N1CCN(CC=Cc2ccccc2)CC1. The monoisotopic (exact) mass is 500 g/mol. The molecular formula is C29H30F2N6. The van der Waals surface area contributed by atoms with E-state index in [4.69, 9.17) is 0 Å². The van der Waals surface area contributed by atoms with Gasteiger partial charge in [0.25, 0.3) is 0 Å². The van der Waals surface area contributed by atoms with Gasteiger partial charge < -0.3 is 0 Å². The van der Waals surface area contributed by atoms with Gasteiger partial charge in [-0.1, -0.05) is 66.7 Å². The molecule has 1 fully saturated rings. The van der Waals surface area contributed by atoms with Crippen LogP contribution in [0.2, 0.25) is 0 Å². The topological polar surface area (TPSA) is 50.1 Å². The zero-order chi connectivity index (χ0) is 25.8. The summed E-state index contributed by atoms with van der Waals surface area (Å²) in [5.74, 6) is -1.16. The standard InChI is InChI=1S/C29H30F2N6/c1-21-8-6-9-22(2)27(21)37-29(32-33-34-37)28(24-13-14-25(30)26(31)20-24)36-18-16-35(17-19-36)15-7-12-23-10-4-3-5-11-23/h3-14,20,28H,15-19H2,1-2H3/t28-/m0/s1. The fourth-order valence-electron chi connectivity index (χ4n) is 4.98. The molecule has 0 bridgehead atoms. The van der Waals surface area contributed by atoms with E-state index in [9.17, 15) is 8.78 Å². The second-order valence-corrected chi connectivity index (χ2v) is 9.42. The smallest absolute Gasteiger partial charge is 0.178 e. The molecule has 0 saturated carbocycles. The fraction of sp³-hybridized carbons (Fsp3) is 0.276. The van der Waals surface area contributed by atoms with Gasteiger partial charge in [-0.2, -0.15) is 4.68 Å². The number of hydrogen-bond acceptors (Lipinski definition) is 5. The summed E-state index contributed by atoms with van der Waals surface area (Å²) in [4.78, 5) is 4.63. The highest BCUT2D eigenvalue weighted by Gasteiger charge is 2.32. The summed E-state index contributed by atoms with van der Waals surface area (Å²) < 4.78 is 30.0. The van der Waals surface area contributed by atoms with Crippen LogP contribution in [0.4, 0.5) is 8.78 Å². The number of tetrazole rings is 1. The van der Waals surface area contributed by atoms with Crippen LogP contribution >= 0.6 is 0 Å². The average molecular weight is 501 g/mol. The van der Waals surface area contributed by atoms with Crippen LogP contribution in [0.25, 0.3) is 11.8 Å². The third kappa shape index (κ3) is 5.50. The Balaban J connectivity index is 1.41. The summed E-state index contributed by atoms with van der Waals surface area (Å²) in [6, 6.07) is 19.9. The van der Waals surface area contributed by atoms with Crippen LogP contribution < -0.4 is 0 Å². The van der Waals surface area contributed by atoms with Crippen LogP contribution in [-0.4, -0.2) is 62.7 Å². The van der Waals surface area contributed by atoms with E-state index >= 15 is 0 Å². The maximum absolute atomic E-state index is 14.4. The van der Waals surface area contributed by atoms with Gasteiger partial charge in [0.1, 0.15) is 0 Å². The second-order valence-electron chi connectivity index (χ2n) is 9.42. The zero-order valence-electron chi connectivity index (χ0n) is 21.1. The zero-order valence-corrected chi connectivity index (χ0v) is 21.1. The highest BCUT2D eigenvalue weighted by atomic mass is 19.2. The molecule has 0 radical (unpaired) electrons. The van der Waals surface area contributed by atoms with E-state index in [1.165, 1.54) is 17.7 Å². The quantitative estimate of drug-likeness (QED) is 0.358. The summed E-state index contributed by atoms with van der Waals surface area (Å²) in [7, 11) is 0. The summed E-state index contributed by atoms with van der Waals surface area (Å²) >= 11 is 0. The van der Waals surface area contributed by atoms with Gasteiger partial charge in [0.2, 0.25) is 0 Å². The third-order valence-corrected chi connectivity index (χ3v) is 6.89. The summed E-state index contributed by atoms with van der Waals surface area (Å²) in [5.41, 5.74) is 4.77. The Hall–Kier alpha value is -3.75. The van der Waals surface area contributed by atoms with E-state index in [-0.39, 0.29) is 0 Å². The first-order valence-electron chi connectivity index (χ1n) is 12.5. The van der Waals surface area contributed by atoms with E-state index in [0.29, 0.717) is 11.4 Å². The molecule has 1 aliphatic rings. The minimum atomic E-state index is -0.877. The van der Waals surface area contributed by atoms with Crippen molar-refractivity contribution in [2.45, 2.75) is 19.9 Å². The molecule has 0 unspecified atom stereocenters. The van der Waals surface area contributed by atoms with Crippen LogP contribution in [0.5, 0.6) is 0 Å². The van der Waals surface area contributed by atoms with E-state index in [1.807, 2.05) is 50.2 Å². The fourth-order valence-corrected chi connectivity index (χ4v) is 4.98. The van der Waals surface area contributed by atoms with Crippen molar-refractivity contribution in [1.29, 1.82) is 0 Å². The number of aromatic nitrogens is 4. The van der Waals surface area contributed by atoms with Crippen LogP contribution in [0.3, 0.4) is 0 Å². The van der Waals surface area contributed by atoms with Gasteiger partial charge in [-0.25, -0.2) is 8.78 Å². The molecule has 190 valence electrons. The number of piperazine rings is 1. The van der Waals surface area contributed by atoms with Crippen molar-refractivity contribution in [3.05, 3.63) is 113 Å². The average Bonchev–Trinajstić information content (AvgIpc) is 3.36. The molecule has 8 heteroatoms. The lowest BCUT2D eigenvalue weighted by Gasteiger charge is -2.38. The Bertz CT molecular complexity index is 1360. The van der Waals surface area contributed by atoms with Crippen molar-refractivity contribution in [3.8, 4) is 5.69 Å². The number of benzene rings is 3. The minimum Gasteiger partial charge on any atom is -0.297 e. The molecule has 6 nitrogen and oxygen atoms in total. The van der Waals surface area contributed by atoms with Gasteiger partial charge in [0, 0.05) is 32.7 Å². The first-order valence-corrected chi connectivity index (χ1v) is 12.5. The summed E-state index contributed by atoms with van der Waals surface area (Å²) in [6.07, 6.45) is 4.31. The van der Waals surface area contributed by atoms with Gasteiger partial charge in [0.05, 0.1) is 11.7 Å². The predicted molar refractivity (Wildman–Crippen MR) is 140 cm³/mol. The normalized spacial score (nSPS) is 15.9. The van der Waals surface area contributed by atoms with Crippen LogP contribution in [0.15, 0.2) is 72.8 Å². The number of para-hydroxylation sites is 1. The van der Waals surface area contributed by atoms with Crippen LogP contribution in [-0.2, 0) is 0 Å². The van der Waals surface area contributed by atoms with Crippen molar-refractivity contribution in [2.24, 2.45) is 0 Å². The lowest BCUT2D eigenvalue weighted by Crippen LogP contribution is -2.48. The van der Waals surface area contributed by atoms with E-state index in [2.05, 4.69) is 49.6 Å². The van der Waals surface area contributed by atoms with Gasteiger partial charge in [0.15, 0.2) is 17.5 Å². The molecule has 1 atom stereocenters. The van der Waals surface area contributed by atoms with Crippen molar-refractivity contribution in [3.63, 3.8) is 0 Å². The largest absolute Gasteiger partial charge is 0.297 e. The second kappa shape index (κ2) is 11.1. The Morgan fingerprint density at radius 1 is 0.865 bits per heavy atom. The molecule has 0 aliphatic carbocycles. The van der Waals surface area contributed by atoms with Gasteiger partial charge in [-0.05, 0) is 58.7 Å². The van der Waals surface area contributed by atoms with Crippen molar-refractivity contribution in [2.75, 3.05) is 32.7 Å². The highest BCUT2D eigenvalue weighted by molar-refractivity contribution is 5.49. The molecule has 3 aromatic carbocycles. The highest BCUT2D eigenvalue weighted by Crippen LogP contribution is 2.31. The molecule has 0 amide bonds. The molecular weight excluding hydrogens is 470 g/mol. The van der Waals surface area contributed by atoms with Gasteiger partial charge in [-0.3, -0.25) is 9.80 Å². The minimum absolute atomic E-state index is 0.425. The van der Waals surface area contributed by atoms with Gasteiger partial charge >= 0.3 is 0 Å². The van der Waals surface area contributed by atoms with Crippen LogP contribution in [0.1, 0.15) is 34.1 Å². The van der Waals surface area contributed by atoms with Crippen LogP contribution in [0, 0.1) is 25.5 Å². The predicted octanol–water partition coefficient (Wildman–Crippen LogP) is 4.98. The number of rotatable bonds is 7. The number of hydrogen-bond donors (Lipinski definition) is 0. The first kappa shape index (κ1) is 24.9. The molecule has 37 heavy (non-hydrogen) atoms. The Kier molecular flexibility index (Phi) is 7.48. The molecule has 2 heterocycles. The molecule has 4 aromatic rings. The molecule has 5 rings (SSSR count). The number of halogens is 2.